The standard InChI is InChI=1S/C19H28N2O3/c1-15(2)21(14-16-8-5-4-6-9-16)18(23)19(10-11-19)17(22)20-12-7-13-24-3/h4-6,8-9,15H,7,10-14H2,1-3H3,(H,20,22). The van der Waals surface area contributed by atoms with Gasteiger partial charge in [0.15, 0.2) is 0 Å². The predicted octanol–water partition coefficient (Wildman–Crippen LogP) is 2.36. The summed E-state index contributed by atoms with van der Waals surface area (Å²) in [6, 6.07) is 9.96. The molecule has 1 saturated carbocycles. The van der Waals surface area contributed by atoms with Gasteiger partial charge < -0.3 is 15.0 Å². The highest BCUT2D eigenvalue weighted by molar-refractivity contribution is 6.07. The first-order chi connectivity index (χ1) is 11.5. The summed E-state index contributed by atoms with van der Waals surface area (Å²) in [6.45, 7) is 5.67. The largest absolute Gasteiger partial charge is 0.385 e. The molecular formula is C19H28N2O3. The van der Waals surface area contributed by atoms with Gasteiger partial charge in [-0.25, -0.2) is 0 Å². The molecule has 0 unspecified atom stereocenters. The molecule has 1 fully saturated rings. The molecule has 1 N–H and O–H groups in total. The highest BCUT2D eigenvalue weighted by atomic mass is 16.5. The van der Waals surface area contributed by atoms with Gasteiger partial charge in [0.05, 0.1) is 0 Å². The van der Waals surface area contributed by atoms with Crippen LogP contribution in [0.3, 0.4) is 0 Å². The van der Waals surface area contributed by atoms with Crippen molar-refractivity contribution < 1.29 is 14.3 Å². The van der Waals surface area contributed by atoms with Crippen LogP contribution in [-0.2, 0) is 20.9 Å². The number of hydrogen-bond donors (Lipinski definition) is 1. The van der Waals surface area contributed by atoms with Gasteiger partial charge in [-0.2, -0.15) is 0 Å². The predicted molar refractivity (Wildman–Crippen MR) is 93.3 cm³/mol. The highest BCUT2D eigenvalue weighted by Gasteiger charge is 2.58. The number of nitrogens with zero attached hydrogens (tertiary/aromatic N) is 1. The Kier molecular flexibility index (Phi) is 6.37. The van der Waals surface area contributed by atoms with Crippen LogP contribution in [0.1, 0.15) is 38.7 Å². The maximum absolute atomic E-state index is 13.0. The summed E-state index contributed by atoms with van der Waals surface area (Å²) in [7, 11) is 1.64. The molecule has 132 valence electrons. The zero-order chi connectivity index (χ0) is 17.6. The lowest BCUT2D eigenvalue weighted by Crippen LogP contribution is -2.47. The Morgan fingerprint density at radius 2 is 1.92 bits per heavy atom. The summed E-state index contributed by atoms with van der Waals surface area (Å²) in [5.41, 5.74) is 0.224. The van der Waals surface area contributed by atoms with E-state index in [2.05, 4.69) is 5.32 Å². The number of methoxy groups -OCH3 is 1. The van der Waals surface area contributed by atoms with Crippen molar-refractivity contribution in [1.82, 2.24) is 10.2 Å². The SMILES string of the molecule is COCCCNC(=O)C1(C(=O)N(Cc2ccccc2)C(C)C)CC1. The topological polar surface area (TPSA) is 58.6 Å². The first kappa shape index (κ1) is 18.5. The van der Waals surface area contributed by atoms with Crippen molar-refractivity contribution in [2.45, 2.75) is 45.7 Å². The monoisotopic (exact) mass is 332 g/mol. The molecule has 0 atom stereocenters. The van der Waals surface area contributed by atoms with Crippen molar-refractivity contribution in [3.63, 3.8) is 0 Å². The second kappa shape index (κ2) is 8.29. The quantitative estimate of drug-likeness (QED) is 0.558. The second-order valence-electron chi connectivity index (χ2n) is 6.70. The molecule has 1 aromatic carbocycles. The van der Waals surface area contributed by atoms with Gasteiger partial charge in [0.1, 0.15) is 5.41 Å². The molecular weight excluding hydrogens is 304 g/mol. The highest BCUT2D eigenvalue weighted by Crippen LogP contribution is 2.48. The van der Waals surface area contributed by atoms with E-state index in [0.717, 1.165) is 12.0 Å². The van der Waals surface area contributed by atoms with E-state index in [1.54, 1.807) is 7.11 Å². The van der Waals surface area contributed by atoms with Gasteiger partial charge >= 0.3 is 0 Å². The van der Waals surface area contributed by atoms with Crippen LogP contribution in [0, 0.1) is 5.41 Å². The molecule has 0 saturated heterocycles. The molecule has 0 spiro atoms. The van der Waals surface area contributed by atoms with Crippen LogP contribution >= 0.6 is 0 Å². The summed E-state index contributed by atoms with van der Waals surface area (Å²) in [5, 5.41) is 2.89. The van der Waals surface area contributed by atoms with E-state index in [1.807, 2.05) is 49.1 Å². The van der Waals surface area contributed by atoms with E-state index >= 15 is 0 Å². The van der Waals surface area contributed by atoms with Crippen LogP contribution < -0.4 is 5.32 Å². The first-order valence-electron chi connectivity index (χ1n) is 8.63. The fourth-order valence-electron chi connectivity index (χ4n) is 2.79. The Bertz CT molecular complexity index is 553. The van der Waals surface area contributed by atoms with E-state index in [-0.39, 0.29) is 17.9 Å². The summed E-state index contributed by atoms with van der Waals surface area (Å²) in [4.78, 5) is 27.4. The third kappa shape index (κ3) is 4.35. The molecule has 0 aliphatic heterocycles. The van der Waals surface area contributed by atoms with Crippen molar-refractivity contribution in [1.29, 1.82) is 0 Å². The molecule has 0 heterocycles. The smallest absolute Gasteiger partial charge is 0.238 e. The Morgan fingerprint density at radius 1 is 1.25 bits per heavy atom. The fourth-order valence-corrected chi connectivity index (χ4v) is 2.79. The molecule has 0 bridgehead atoms. The molecule has 24 heavy (non-hydrogen) atoms. The zero-order valence-electron chi connectivity index (χ0n) is 14.9. The first-order valence-corrected chi connectivity index (χ1v) is 8.63. The summed E-state index contributed by atoms with van der Waals surface area (Å²) in [5.74, 6) is -0.187. The molecule has 1 aliphatic carbocycles. The maximum atomic E-state index is 13.0. The summed E-state index contributed by atoms with van der Waals surface area (Å²) in [6.07, 6.45) is 2.03. The minimum atomic E-state index is -0.855. The van der Waals surface area contributed by atoms with E-state index in [0.29, 0.717) is 32.5 Å². The van der Waals surface area contributed by atoms with Crippen molar-refractivity contribution in [2.75, 3.05) is 20.3 Å². The lowest BCUT2D eigenvalue weighted by atomic mass is 10.0. The Hall–Kier alpha value is -1.88. The van der Waals surface area contributed by atoms with Crippen LogP contribution in [0.2, 0.25) is 0 Å². The maximum Gasteiger partial charge on any atom is 0.238 e. The average Bonchev–Trinajstić information content (AvgIpc) is 3.38. The van der Waals surface area contributed by atoms with Crippen LogP contribution in [0.15, 0.2) is 30.3 Å². The zero-order valence-corrected chi connectivity index (χ0v) is 14.9. The van der Waals surface area contributed by atoms with E-state index in [1.165, 1.54) is 0 Å². The van der Waals surface area contributed by atoms with Gasteiger partial charge in [0.25, 0.3) is 0 Å². The van der Waals surface area contributed by atoms with Gasteiger partial charge in [0.2, 0.25) is 11.8 Å². The third-order valence-corrected chi connectivity index (χ3v) is 4.48. The number of benzene rings is 1. The normalized spacial score (nSPS) is 15.2. The number of rotatable bonds is 9. The fraction of sp³-hybridized carbons (Fsp3) is 0.579. The number of nitrogens with one attached hydrogen (secondary N) is 1. The van der Waals surface area contributed by atoms with Gasteiger partial charge in [-0.3, -0.25) is 9.59 Å². The molecule has 2 amide bonds. The van der Waals surface area contributed by atoms with Crippen molar-refractivity contribution >= 4 is 11.8 Å². The van der Waals surface area contributed by atoms with Crippen LogP contribution in [-0.4, -0.2) is 43.0 Å². The minimum absolute atomic E-state index is 0.0504. The molecule has 5 heteroatoms. The molecule has 5 nitrogen and oxygen atoms in total. The molecule has 0 aromatic heterocycles. The van der Waals surface area contributed by atoms with Crippen molar-refractivity contribution in [3.05, 3.63) is 35.9 Å². The van der Waals surface area contributed by atoms with E-state index in [9.17, 15) is 9.59 Å². The average molecular weight is 332 g/mol. The van der Waals surface area contributed by atoms with Crippen LogP contribution in [0.25, 0.3) is 0 Å². The van der Waals surface area contributed by atoms with Crippen molar-refractivity contribution in [2.24, 2.45) is 5.41 Å². The summed E-state index contributed by atoms with van der Waals surface area (Å²) < 4.78 is 4.98. The van der Waals surface area contributed by atoms with E-state index < -0.39 is 5.41 Å². The Morgan fingerprint density at radius 3 is 2.46 bits per heavy atom. The summed E-state index contributed by atoms with van der Waals surface area (Å²) >= 11 is 0. The second-order valence-corrected chi connectivity index (χ2v) is 6.70. The van der Waals surface area contributed by atoms with Crippen molar-refractivity contribution in [3.8, 4) is 0 Å². The Labute approximate surface area is 144 Å². The van der Waals surface area contributed by atoms with Gasteiger partial charge in [0, 0.05) is 32.8 Å². The minimum Gasteiger partial charge on any atom is -0.385 e. The van der Waals surface area contributed by atoms with Gasteiger partial charge in [-0.05, 0) is 38.7 Å². The Balaban J connectivity index is 2.02. The third-order valence-electron chi connectivity index (χ3n) is 4.48. The molecule has 2 rings (SSSR count). The molecule has 1 aromatic rings. The van der Waals surface area contributed by atoms with Crippen LogP contribution in [0.4, 0.5) is 0 Å². The number of hydrogen-bond acceptors (Lipinski definition) is 3. The molecule has 0 radical (unpaired) electrons. The number of amides is 2. The van der Waals surface area contributed by atoms with Gasteiger partial charge in [-0.15, -0.1) is 0 Å². The lowest BCUT2D eigenvalue weighted by Gasteiger charge is -2.30. The van der Waals surface area contributed by atoms with Crippen LogP contribution in [0.5, 0.6) is 0 Å². The molecule has 1 aliphatic rings. The lowest BCUT2D eigenvalue weighted by molar-refractivity contribution is -0.146. The number of carbonyl (C=O) groups is 2. The number of carbonyl (C=O) groups excluding carboxylic acids is 2. The van der Waals surface area contributed by atoms with E-state index in [4.69, 9.17) is 4.74 Å². The van der Waals surface area contributed by atoms with Gasteiger partial charge in [-0.1, -0.05) is 30.3 Å². The number of ether oxygens (including phenoxy) is 1.